The number of anilines is 2. The summed E-state index contributed by atoms with van der Waals surface area (Å²) in [4.78, 5) is 28.3. The van der Waals surface area contributed by atoms with Crippen molar-refractivity contribution in [1.29, 1.82) is 5.26 Å². The van der Waals surface area contributed by atoms with E-state index in [0.717, 1.165) is 19.3 Å². The summed E-state index contributed by atoms with van der Waals surface area (Å²) < 4.78 is 0. The maximum Gasteiger partial charge on any atom is 0.254 e. The summed E-state index contributed by atoms with van der Waals surface area (Å²) in [5, 5.41) is 22.1. The fraction of sp³-hybridized carbons (Fsp3) is 0.452. The van der Waals surface area contributed by atoms with Gasteiger partial charge in [0.25, 0.3) is 5.91 Å². The molecule has 0 saturated carbocycles. The highest BCUT2D eigenvalue weighted by atomic mass is 16.3. The molecule has 7 nitrogen and oxygen atoms in total. The molecule has 4 atom stereocenters. The Hall–Kier alpha value is -3.47. The van der Waals surface area contributed by atoms with E-state index in [4.69, 9.17) is 5.26 Å². The number of nitrogens with one attached hydrogen (secondary N) is 1. The lowest BCUT2D eigenvalue weighted by Gasteiger charge is -2.40. The third-order valence-electron chi connectivity index (χ3n) is 7.49. The van der Waals surface area contributed by atoms with Gasteiger partial charge in [0.1, 0.15) is 6.04 Å². The van der Waals surface area contributed by atoms with Gasteiger partial charge >= 0.3 is 0 Å². The smallest absolute Gasteiger partial charge is 0.254 e. The molecule has 2 N–H and O–H groups in total. The highest BCUT2D eigenvalue weighted by Gasteiger charge is 2.53. The minimum atomic E-state index is -0.790. The number of rotatable bonds is 13. The minimum Gasteiger partial charge on any atom is -0.391 e. The lowest BCUT2D eigenvalue weighted by molar-refractivity contribution is -0.123. The number of fused-ring (bicyclic) bond motifs is 1. The van der Waals surface area contributed by atoms with Gasteiger partial charge < -0.3 is 10.5 Å². The number of hydrogen-bond acceptors (Lipinski definition) is 6. The number of aliphatic hydroxyl groups is 1. The first kappa shape index (κ1) is 27.6. The van der Waals surface area contributed by atoms with Crippen molar-refractivity contribution < 1.29 is 14.7 Å². The third-order valence-corrected chi connectivity index (χ3v) is 7.49. The molecular weight excluding hydrogens is 476 g/mol. The van der Waals surface area contributed by atoms with Gasteiger partial charge in [-0.15, -0.1) is 0 Å². The lowest BCUT2D eigenvalue weighted by Crippen LogP contribution is -2.57. The van der Waals surface area contributed by atoms with Crippen LogP contribution in [0.1, 0.15) is 70.3 Å². The van der Waals surface area contributed by atoms with Gasteiger partial charge in [0.15, 0.2) is 0 Å². The monoisotopic (exact) mass is 514 g/mol. The molecule has 7 heteroatoms. The number of carbonyl (C=O) groups is 2. The molecule has 2 heterocycles. The predicted octanol–water partition coefficient (Wildman–Crippen LogP) is 5.58. The molecule has 2 amide bonds. The Kier molecular flexibility index (Phi) is 9.69. The van der Waals surface area contributed by atoms with Crippen molar-refractivity contribution in [3.8, 4) is 6.07 Å². The molecule has 2 aliphatic heterocycles. The van der Waals surface area contributed by atoms with E-state index in [1.807, 2.05) is 12.1 Å². The molecule has 0 aromatic heterocycles. The van der Waals surface area contributed by atoms with Crippen molar-refractivity contribution in [2.75, 3.05) is 10.3 Å². The number of amides is 2. The topological polar surface area (TPSA) is 96.7 Å². The van der Waals surface area contributed by atoms with Crippen molar-refractivity contribution in [2.24, 2.45) is 5.92 Å². The predicted molar refractivity (Wildman–Crippen MR) is 149 cm³/mol. The standard InChI is InChI=1S/C31H38N4O3/c1-2-3-4-5-6-7-8-12-15-28(36)27-21-20-26-29(35(27)33-24-18-16-23(22-32)17-19-24)31(38)34(30(26)37)25-13-10-9-11-14-25/h9-11,13-14,16-21,26-29,33,36H,2-8,12,15H2,1H3. The average molecular weight is 515 g/mol. The Morgan fingerprint density at radius 3 is 2.21 bits per heavy atom. The molecule has 0 aliphatic carbocycles. The number of unbranched alkanes of at least 4 members (excludes halogenated alkanes) is 7. The van der Waals surface area contributed by atoms with E-state index in [9.17, 15) is 14.7 Å². The van der Waals surface area contributed by atoms with Crippen LogP contribution in [0.5, 0.6) is 0 Å². The van der Waals surface area contributed by atoms with Crippen LogP contribution in [0.3, 0.4) is 0 Å². The van der Waals surface area contributed by atoms with Crippen molar-refractivity contribution in [2.45, 2.75) is 82.9 Å². The molecule has 2 aromatic carbocycles. The normalized spacial score (nSPS) is 21.8. The number of aliphatic hydroxyl groups excluding tert-OH is 1. The maximum absolute atomic E-state index is 13.7. The number of nitrogens with zero attached hydrogens (tertiary/aromatic N) is 3. The Balaban J connectivity index is 1.49. The molecule has 200 valence electrons. The molecule has 2 aliphatic rings. The second-order valence-corrected chi connectivity index (χ2v) is 10.2. The lowest BCUT2D eigenvalue weighted by atomic mass is 9.91. The number of imide groups is 1. The number of nitriles is 1. The van der Waals surface area contributed by atoms with Crippen LogP contribution in [-0.4, -0.2) is 40.1 Å². The Bertz CT molecular complexity index is 1140. The third kappa shape index (κ3) is 6.32. The van der Waals surface area contributed by atoms with Crippen LogP contribution in [-0.2, 0) is 9.59 Å². The van der Waals surface area contributed by atoms with E-state index >= 15 is 0 Å². The molecule has 1 saturated heterocycles. The zero-order valence-corrected chi connectivity index (χ0v) is 22.1. The summed E-state index contributed by atoms with van der Waals surface area (Å²) in [5.74, 6) is -1.24. The van der Waals surface area contributed by atoms with Gasteiger partial charge in [0.05, 0.1) is 35.4 Å². The Labute approximate surface area is 225 Å². The van der Waals surface area contributed by atoms with Crippen molar-refractivity contribution in [3.05, 3.63) is 72.3 Å². The zero-order valence-electron chi connectivity index (χ0n) is 22.1. The quantitative estimate of drug-likeness (QED) is 0.206. The largest absolute Gasteiger partial charge is 0.391 e. The van der Waals surface area contributed by atoms with Crippen molar-refractivity contribution in [3.63, 3.8) is 0 Å². The van der Waals surface area contributed by atoms with Gasteiger partial charge in [-0.2, -0.15) is 5.26 Å². The average Bonchev–Trinajstić information content (AvgIpc) is 3.20. The summed E-state index contributed by atoms with van der Waals surface area (Å²) >= 11 is 0. The van der Waals surface area contributed by atoms with E-state index in [1.54, 1.807) is 59.6 Å². The first-order chi connectivity index (χ1) is 18.5. The van der Waals surface area contributed by atoms with Crippen LogP contribution in [0.15, 0.2) is 66.7 Å². The van der Waals surface area contributed by atoms with Crippen molar-refractivity contribution in [1.82, 2.24) is 5.01 Å². The molecule has 4 rings (SSSR count). The number of hydrazine groups is 1. The van der Waals surface area contributed by atoms with Crippen LogP contribution >= 0.6 is 0 Å². The van der Waals surface area contributed by atoms with E-state index in [2.05, 4.69) is 18.4 Å². The molecule has 0 spiro atoms. The van der Waals surface area contributed by atoms with Crippen LogP contribution in [0.4, 0.5) is 11.4 Å². The second kappa shape index (κ2) is 13.4. The van der Waals surface area contributed by atoms with E-state index in [-0.39, 0.29) is 11.8 Å². The molecule has 0 radical (unpaired) electrons. The van der Waals surface area contributed by atoms with Crippen LogP contribution in [0, 0.1) is 17.2 Å². The molecule has 4 unspecified atom stereocenters. The van der Waals surface area contributed by atoms with Gasteiger partial charge in [0.2, 0.25) is 5.91 Å². The highest BCUT2D eigenvalue weighted by Crippen LogP contribution is 2.36. The van der Waals surface area contributed by atoms with Crippen molar-refractivity contribution >= 4 is 23.2 Å². The summed E-state index contributed by atoms with van der Waals surface area (Å²) in [6.07, 6.45) is 13.0. The van der Waals surface area contributed by atoms with Gasteiger partial charge in [0, 0.05) is 5.69 Å². The van der Waals surface area contributed by atoms with Gasteiger partial charge in [-0.3, -0.25) is 9.59 Å². The summed E-state index contributed by atoms with van der Waals surface area (Å²) in [7, 11) is 0. The van der Waals surface area contributed by atoms with Gasteiger partial charge in [-0.1, -0.05) is 88.6 Å². The van der Waals surface area contributed by atoms with Gasteiger partial charge in [-0.25, -0.2) is 9.91 Å². The Morgan fingerprint density at radius 2 is 1.55 bits per heavy atom. The number of benzene rings is 2. The summed E-state index contributed by atoms with van der Waals surface area (Å²) in [6.45, 7) is 2.22. The number of carbonyl (C=O) groups excluding carboxylic acids is 2. The molecule has 0 bridgehead atoms. The maximum atomic E-state index is 13.7. The van der Waals surface area contributed by atoms with Gasteiger partial charge in [-0.05, 0) is 42.8 Å². The zero-order chi connectivity index (χ0) is 26.9. The highest BCUT2D eigenvalue weighted by molar-refractivity contribution is 6.24. The number of hydrogen-bond donors (Lipinski definition) is 2. The van der Waals surface area contributed by atoms with E-state index in [1.165, 1.54) is 37.0 Å². The molecule has 38 heavy (non-hydrogen) atoms. The van der Waals surface area contributed by atoms with E-state index in [0.29, 0.717) is 23.4 Å². The minimum absolute atomic E-state index is 0.273. The number of para-hydroxylation sites is 1. The van der Waals surface area contributed by atoms with E-state index < -0.39 is 24.1 Å². The van der Waals surface area contributed by atoms with Crippen LogP contribution in [0.2, 0.25) is 0 Å². The second-order valence-electron chi connectivity index (χ2n) is 10.2. The fourth-order valence-corrected chi connectivity index (χ4v) is 5.39. The SMILES string of the molecule is CCCCCCCCCCC(O)C1C=CC2C(=O)N(c3ccccc3)C(=O)C2N1Nc1ccc(C#N)cc1. The summed E-state index contributed by atoms with van der Waals surface area (Å²) in [5.41, 5.74) is 5.05. The first-order valence-electron chi connectivity index (χ1n) is 13.9. The molecular formula is C31H38N4O3. The van der Waals surface area contributed by atoms with Crippen LogP contribution < -0.4 is 10.3 Å². The fourth-order valence-electron chi connectivity index (χ4n) is 5.39. The Morgan fingerprint density at radius 1 is 0.895 bits per heavy atom. The molecule has 1 fully saturated rings. The first-order valence-corrected chi connectivity index (χ1v) is 13.9. The molecule has 2 aromatic rings. The summed E-state index contributed by atoms with van der Waals surface area (Å²) in [6, 6.07) is 16.7. The van der Waals surface area contributed by atoms with Crippen LogP contribution in [0.25, 0.3) is 0 Å².